The van der Waals surface area contributed by atoms with Gasteiger partial charge in [0.15, 0.2) is 12.6 Å². The summed E-state index contributed by atoms with van der Waals surface area (Å²) in [5, 5.41) is 136. The Morgan fingerprint density at radius 1 is 0.522 bits per heavy atom. The van der Waals surface area contributed by atoms with Gasteiger partial charge in [0.05, 0.1) is 50.7 Å². The monoisotopic (exact) mass is 1320 g/mol. The number of unbranched alkanes of at least 4 members (excludes halogenated alkanes) is 36. The summed E-state index contributed by atoms with van der Waals surface area (Å²) in [4.78, 5) is 38.5. The average molecular weight is 1320 g/mol. The summed E-state index contributed by atoms with van der Waals surface area (Å²) >= 11 is 0. The predicted molar refractivity (Wildman–Crippen MR) is 348 cm³/mol. The van der Waals surface area contributed by atoms with E-state index >= 15 is 0 Å². The van der Waals surface area contributed by atoms with Gasteiger partial charge in [-0.05, 0) is 12.8 Å². The Hall–Kier alpha value is -2.27. The highest BCUT2D eigenvalue weighted by atomic mass is 16.8. The van der Waals surface area contributed by atoms with Crippen LogP contribution in [0.4, 0.5) is 0 Å². The Bertz CT molecular complexity index is 1860. The molecule has 23 heteroatoms. The van der Waals surface area contributed by atoms with Crippen molar-refractivity contribution >= 4 is 17.8 Å². The van der Waals surface area contributed by atoms with E-state index in [0.29, 0.717) is 19.3 Å². The van der Waals surface area contributed by atoms with Crippen molar-refractivity contribution < 1.29 is 104 Å². The minimum absolute atomic E-state index is 0.228. The van der Waals surface area contributed by atoms with E-state index in [1.807, 2.05) is 0 Å². The van der Waals surface area contributed by atoms with Crippen LogP contribution in [-0.2, 0) is 42.8 Å². The Balaban J connectivity index is 1.54. The molecule has 542 valence electrons. The van der Waals surface area contributed by atoms with Crippen LogP contribution in [0.3, 0.4) is 0 Å². The topological polar surface area (TPSA) is 373 Å². The molecule has 23 nitrogen and oxygen atoms in total. The van der Waals surface area contributed by atoms with Gasteiger partial charge < -0.3 is 100 Å². The van der Waals surface area contributed by atoms with Crippen molar-refractivity contribution in [2.45, 2.75) is 394 Å². The fraction of sp³-hybridized carbons (Fsp3) is 0.957. The van der Waals surface area contributed by atoms with E-state index in [1.54, 1.807) is 0 Å². The molecule has 0 spiro atoms. The van der Waals surface area contributed by atoms with Crippen LogP contribution in [-0.4, -0.2) is 215 Å². The molecule has 92 heavy (non-hydrogen) atoms. The highest BCUT2D eigenvalue weighted by Gasteiger charge is 2.60. The maximum atomic E-state index is 13.5. The van der Waals surface area contributed by atoms with E-state index < -0.39 is 148 Å². The number of carboxylic acid groups (broad SMARTS) is 1. The molecule has 0 saturated carbocycles. The maximum Gasteiger partial charge on any atom is 0.364 e. The summed E-state index contributed by atoms with van der Waals surface area (Å²) in [5.41, 5.74) is 0. The van der Waals surface area contributed by atoms with Crippen molar-refractivity contribution in [3.05, 3.63) is 0 Å². The van der Waals surface area contributed by atoms with Crippen LogP contribution in [0, 0.1) is 0 Å². The van der Waals surface area contributed by atoms with Crippen molar-refractivity contribution in [1.29, 1.82) is 0 Å². The number of ether oxygens (including phenoxy) is 6. The molecule has 14 N–H and O–H groups in total. The molecule has 3 aliphatic rings. The van der Waals surface area contributed by atoms with Crippen LogP contribution in [0.15, 0.2) is 0 Å². The summed E-state index contributed by atoms with van der Waals surface area (Å²) in [6.45, 7) is 2.23. The first-order valence-electron chi connectivity index (χ1n) is 36.4. The van der Waals surface area contributed by atoms with Crippen molar-refractivity contribution in [3.8, 4) is 0 Å². The molecule has 3 saturated heterocycles. The molecule has 3 heterocycles. The molecule has 18 unspecified atom stereocenters. The van der Waals surface area contributed by atoms with Crippen LogP contribution in [0.5, 0.6) is 0 Å². The Morgan fingerprint density at radius 3 is 1.36 bits per heavy atom. The van der Waals surface area contributed by atoms with Crippen molar-refractivity contribution in [2.24, 2.45) is 0 Å². The van der Waals surface area contributed by atoms with Crippen molar-refractivity contribution in [3.63, 3.8) is 0 Å². The van der Waals surface area contributed by atoms with E-state index in [1.165, 1.54) is 180 Å². The third kappa shape index (κ3) is 31.9. The molecule has 0 aromatic rings. The molecule has 18 atom stereocenters. The number of aliphatic carboxylic acids is 1. The second-order valence-electron chi connectivity index (χ2n) is 26.8. The van der Waals surface area contributed by atoms with Gasteiger partial charge in [0.1, 0.15) is 67.1 Å². The first-order chi connectivity index (χ1) is 44.4. The molecule has 0 radical (unpaired) electrons. The Morgan fingerprint density at radius 2 is 0.946 bits per heavy atom. The van der Waals surface area contributed by atoms with E-state index in [2.05, 4.69) is 24.5 Å². The van der Waals surface area contributed by atoms with Crippen LogP contribution < -0.4 is 10.6 Å². The lowest BCUT2D eigenvalue weighted by atomic mass is 9.88. The molecule has 0 bridgehead atoms. The second kappa shape index (κ2) is 50.1. The number of nitrogens with one attached hydrogen (secondary N) is 2. The molecule has 3 fully saturated rings. The lowest BCUT2D eigenvalue weighted by Crippen LogP contribution is -2.70. The summed E-state index contributed by atoms with van der Waals surface area (Å²) in [7, 11) is 0. The number of rotatable bonds is 56. The minimum atomic E-state index is -3.08. The fourth-order valence-corrected chi connectivity index (χ4v) is 13.0. The van der Waals surface area contributed by atoms with E-state index in [9.17, 15) is 75.7 Å². The molecule has 0 aliphatic carbocycles. The lowest BCUT2D eigenvalue weighted by Gasteiger charge is -2.50. The predicted octanol–water partition coefficient (Wildman–Crippen LogP) is 7.29. The number of carboxylic acids is 1. The van der Waals surface area contributed by atoms with Crippen molar-refractivity contribution in [2.75, 3.05) is 26.4 Å². The van der Waals surface area contributed by atoms with Crippen LogP contribution in [0.25, 0.3) is 0 Å². The van der Waals surface area contributed by atoms with Gasteiger partial charge in [-0.3, -0.25) is 9.59 Å². The van der Waals surface area contributed by atoms with Crippen LogP contribution in [0.2, 0.25) is 0 Å². The van der Waals surface area contributed by atoms with E-state index in [-0.39, 0.29) is 18.9 Å². The van der Waals surface area contributed by atoms with Gasteiger partial charge in [0.25, 0.3) is 5.79 Å². The zero-order chi connectivity index (χ0) is 67.5. The first kappa shape index (κ1) is 84.0. The Kier molecular flexibility index (Phi) is 45.7. The largest absolute Gasteiger partial charge is 0.477 e. The van der Waals surface area contributed by atoms with Crippen molar-refractivity contribution in [1.82, 2.24) is 10.6 Å². The van der Waals surface area contributed by atoms with Gasteiger partial charge in [-0.1, -0.05) is 251 Å². The quantitative estimate of drug-likeness (QED) is 0.0266. The number of carbonyl (C=O) groups excluding carboxylic acids is 2. The van der Waals surface area contributed by atoms with Gasteiger partial charge in [0, 0.05) is 19.8 Å². The third-order valence-corrected chi connectivity index (χ3v) is 18.8. The lowest BCUT2D eigenvalue weighted by molar-refractivity contribution is -0.386. The van der Waals surface area contributed by atoms with E-state index in [4.69, 9.17) is 28.4 Å². The average Bonchev–Trinajstić information content (AvgIpc) is 0.772. The third-order valence-electron chi connectivity index (χ3n) is 18.8. The number of carbonyl (C=O) groups is 3. The number of aliphatic hydroxyl groups is 11. The number of hydrogen-bond donors (Lipinski definition) is 14. The molecule has 0 aromatic carbocycles. The summed E-state index contributed by atoms with van der Waals surface area (Å²) in [5.74, 6) is -6.09. The number of amides is 2. The van der Waals surface area contributed by atoms with Gasteiger partial charge in [0.2, 0.25) is 11.8 Å². The zero-order valence-corrected chi connectivity index (χ0v) is 56.7. The smallest absolute Gasteiger partial charge is 0.364 e. The molecule has 3 rings (SSSR count). The number of aliphatic hydroxyl groups excluding tert-OH is 11. The Labute approximate surface area is 550 Å². The van der Waals surface area contributed by atoms with Crippen LogP contribution in [0.1, 0.15) is 284 Å². The molecule has 0 aromatic heterocycles. The first-order valence-corrected chi connectivity index (χ1v) is 36.4. The van der Waals surface area contributed by atoms with Gasteiger partial charge in [-0.2, -0.15) is 0 Å². The molecular weight excluding hydrogens is 1190 g/mol. The minimum Gasteiger partial charge on any atom is -0.477 e. The fourth-order valence-electron chi connectivity index (χ4n) is 13.0. The normalized spacial score (nSPS) is 28.2. The van der Waals surface area contributed by atoms with Gasteiger partial charge in [-0.25, -0.2) is 4.79 Å². The van der Waals surface area contributed by atoms with Crippen LogP contribution >= 0.6 is 0 Å². The van der Waals surface area contributed by atoms with E-state index in [0.717, 1.165) is 58.3 Å². The summed E-state index contributed by atoms with van der Waals surface area (Å²) in [6.07, 6.45) is 18.3. The highest BCUT2D eigenvalue weighted by molar-refractivity contribution is 5.77. The number of hydrogen-bond acceptors (Lipinski definition) is 20. The highest BCUT2D eigenvalue weighted by Crippen LogP contribution is 2.39. The summed E-state index contributed by atoms with van der Waals surface area (Å²) in [6, 6.07) is -2.52. The van der Waals surface area contributed by atoms with Gasteiger partial charge >= 0.3 is 5.97 Å². The standard InChI is InChI=1S/C69H130N2O21/c1-4-6-8-10-12-14-16-18-19-20-21-22-23-24-25-26-27-28-29-31-32-34-36-38-40-42-51(76)50(71-56(79)43-41-39-37-35-33-30-17-15-13-11-9-7-5-2)48-87-66-61(83)60(82)63(55(47-74)89-66)90-67-62(84)65(59(81)54(46-73)88-67)92-69(68(85)86)44-52(77)57(70-49(3)75)64(91-69)58(80)53(78)45-72/h50-55,57-67,72-74,76-78,80-84H,4-48H2,1-3H3,(H,70,75)(H,71,79)(H,85,86). The molecule has 2 amide bonds. The molecular formula is C69H130N2O21. The second-order valence-corrected chi connectivity index (χ2v) is 26.8. The molecule has 3 aliphatic heterocycles. The van der Waals surface area contributed by atoms with Gasteiger partial charge in [-0.15, -0.1) is 0 Å². The zero-order valence-electron chi connectivity index (χ0n) is 56.7. The summed E-state index contributed by atoms with van der Waals surface area (Å²) < 4.78 is 34.9. The maximum absolute atomic E-state index is 13.5. The SMILES string of the molecule is CCCCCCCCCCCCCCCCCCCCCCCCCCCC(O)C(COC1OC(CO)C(OC2OC(CO)C(O)C(OC3(C(=O)O)CC(O)C(NC(C)=O)C(C(O)C(O)CO)O3)C2O)C(O)C1O)NC(=O)CCCCCCCCCCCCCCC.